The van der Waals surface area contributed by atoms with Crippen LogP contribution in [0.5, 0.6) is 0 Å². The Balaban J connectivity index is 1.45. The van der Waals surface area contributed by atoms with Gasteiger partial charge in [0.25, 0.3) is 0 Å². The second-order valence-corrected chi connectivity index (χ2v) is 7.05. The van der Waals surface area contributed by atoms with Crippen molar-refractivity contribution in [2.45, 2.75) is 64.7 Å². The van der Waals surface area contributed by atoms with Gasteiger partial charge in [-0.1, -0.05) is 0 Å². The summed E-state index contributed by atoms with van der Waals surface area (Å²) in [5.74, 6) is -0.0494. The van der Waals surface area contributed by atoms with Crippen molar-refractivity contribution in [1.29, 1.82) is 0 Å². The highest BCUT2D eigenvalue weighted by Crippen LogP contribution is 2.42. The van der Waals surface area contributed by atoms with E-state index in [4.69, 9.17) is 0 Å². The molecule has 3 rings (SSSR count). The number of carbonyl (C=O) groups is 1. The number of hydrogen-bond donors (Lipinski definition) is 1. The molecule has 0 radical (unpaired) electrons. The summed E-state index contributed by atoms with van der Waals surface area (Å²) >= 11 is 0. The number of aromatic nitrogens is 4. The van der Waals surface area contributed by atoms with Crippen LogP contribution in [0.15, 0.2) is 12.1 Å². The third-order valence-corrected chi connectivity index (χ3v) is 4.62. The van der Waals surface area contributed by atoms with Gasteiger partial charge in [-0.15, -0.1) is 0 Å². The van der Waals surface area contributed by atoms with E-state index in [1.165, 1.54) is 4.68 Å². The Morgan fingerprint density at radius 2 is 1.93 bits per heavy atom. The van der Waals surface area contributed by atoms with Crippen molar-refractivity contribution in [3.8, 4) is 0 Å². The van der Waals surface area contributed by atoms with E-state index in [-0.39, 0.29) is 24.8 Å². The van der Waals surface area contributed by atoms with Crippen molar-refractivity contribution in [3.63, 3.8) is 0 Å². The third kappa shape index (κ3) is 5.11. The summed E-state index contributed by atoms with van der Waals surface area (Å²) in [5, 5.41) is 10.8. The van der Waals surface area contributed by atoms with Crippen molar-refractivity contribution in [3.05, 3.63) is 34.9 Å². The van der Waals surface area contributed by atoms with Crippen molar-refractivity contribution < 1.29 is 18.0 Å². The average Bonchev–Trinajstić information content (AvgIpc) is 3.24. The zero-order chi connectivity index (χ0) is 19.6. The maximum absolute atomic E-state index is 12.9. The molecule has 0 unspecified atom stereocenters. The number of alkyl halides is 3. The molecule has 9 heteroatoms. The SMILES string of the molecule is Cc1cc(C)n(CCCNC(=O)CCn2nc(C(F)(F)F)cc2C2CC2)n1. The number of aryl methyl sites for hydroxylation is 4. The highest BCUT2D eigenvalue weighted by atomic mass is 19.4. The quantitative estimate of drug-likeness (QED) is 0.712. The topological polar surface area (TPSA) is 64.7 Å². The highest BCUT2D eigenvalue weighted by molar-refractivity contribution is 5.75. The van der Waals surface area contributed by atoms with Crippen LogP contribution in [0, 0.1) is 13.8 Å². The minimum atomic E-state index is -4.46. The first-order valence-electron chi connectivity index (χ1n) is 9.16. The van der Waals surface area contributed by atoms with Crippen LogP contribution in [0.4, 0.5) is 13.2 Å². The van der Waals surface area contributed by atoms with Gasteiger partial charge >= 0.3 is 6.18 Å². The Morgan fingerprint density at radius 1 is 1.19 bits per heavy atom. The van der Waals surface area contributed by atoms with Crippen LogP contribution >= 0.6 is 0 Å². The van der Waals surface area contributed by atoms with Gasteiger partial charge in [0, 0.05) is 43.4 Å². The van der Waals surface area contributed by atoms with E-state index in [0.717, 1.165) is 36.7 Å². The largest absolute Gasteiger partial charge is 0.435 e. The summed E-state index contributed by atoms with van der Waals surface area (Å²) in [6.07, 6.45) is -1.86. The summed E-state index contributed by atoms with van der Waals surface area (Å²) < 4.78 is 41.9. The van der Waals surface area contributed by atoms with Crippen molar-refractivity contribution in [1.82, 2.24) is 24.9 Å². The summed E-state index contributed by atoms with van der Waals surface area (Å²) in [4.78, 5) is 12.0. The van der Waals surface area contributed by atoms with Crippen LogP contribution in [0.25, 0.3) is 0 Å². The first kappa shape index (κ1) is 19.4. The molecule has 27 heavy (non-hydrogen) atoms. The molecule has 2 aromatic heterocycles. The second-order valence-electron chi connectivity index (χ2n) is 7.05. The number of amides is 1. The standard InChI is InChI=1S/C18H24F3N5O/c1-12-10-13(2)25(23-12)8-3-7-22-17(27)6-9-26-15(14-4-5-14)11-16(24-26)18(19,20)21/h10-11,14H,3-9H2,1-2H3,(H,22,27). The highest BCUT2D eigenvalue weighted by Gasteiger charge is 2.37. The smallest absolute Gasteiger partial charge is 0.356 e. The Bertz CT molecular complexity index is 805. The predicted octanol–water partition coefficient (Wildman–Crippen LogP) is 3.19. The van der Waals surface area contributed by atoms with Crippen LogP contribution in [-0.4, -0.2) is 32.0 Å². The molecule has 1 saturated carbocycles. The lowest BCUT2D eigenvalue weighted by Gasteiger charge is -2.08. The van der Waals surface area contributed by atoms with Crippen molar-refractivity contribution in [2.75, 3.05) is 6.54 Å². The fraction of sp³-hybridized carbons (Fsp3) is 0.611. The number of nitrogens with one attached hydrogen (secondary N) is 1. The zero-order valence-corrected chi connectivity index (χ0v) is 15.5. The molecule has 0 spiro atoms. The van der Waals surface area contributed by atoms with Gasteiger partial charge in [-0.2, -0.15) is 23.4 Å². The molecule has 2 heterocycles. The van der Waals surface area contributed by atoms with E-state index in [9.17, 15) is 18.0 Å². The minimum absolute atomic E-state index is 0.110. The molecular formula is C18H24F3N5O. The van der Waals surface area contributed by atoms with Crippen LogP contribution < -0.4 is 5.32 Å². The number of hydrogen-bond acceptors (Lipinski definition) is 3. The second kappa shape index (κ2) is 7.74. The van der Waals surface area contributed by atoms with Gasteiger partial charge in [0.15, 0.2) is 5.69 Å². The van der Waals surface area contributed by atoms with Gasteiger partial charge in [-0.3, -0.25) is 14.2 Å². The molecule has 0 atom stereocenters. The molecule has 0 aromatic carbocycles. The predicted molar refractivity (Wildman–Crippen MR) is 93.1 cm³/mol. The Hall–Kier alpha value is -2.32. The zero-order valence-electron chi connectivity index (χ0n) is 15.5. The summed E-state index contributed by atoms with van der Waals surface area (Å²) in [6, 6.07) is 3.11. The van der Waals surface area contributed by atoms with Crippen LogP contribution in [0.3, 0.4) is 0 Å². The van der Waals surface area contributed by atoms with E-state index in [2.05, 4.69) is 15.5 Å². The van der Waals surface area contributed by atoms with Gasteiger partial charge < -0.3 is 5.32 Å². The van der Waals surface area contributed by atoms with Crippen LogP contribution in [-0.2, 0) is 24.1 Å². The van der Waals surface area contributed by atoms with E-state index >= 15 is 0 Å². The molecular weight excluding hydrogens is 359 g/mol. The van der Waals surface area contributed by atoms with Gasteiger partial charge in [0.05, 0.1) is 5.69 Å². The fourth-order valence-electron chi connectivity index (χ4n) is 3.11. The Morgan fingerprint density at radius 3 is 2.52 bits per heavy atom. The molecule has 1 amide bonds. The fourth-order valence-corrected chi connectivity index (χ4v) is 3.11. The van der Waals surface area contributed by atoms with Crippen molar-refractivity contribution in [2.24, 2.45) is 0 Å². The van der Waals surface area contributed by atoms with Crippen LogP contribution in [0.2, 0.25) is 0 Å². The number of halogens is 3. The lowest BCUT2D eigenvalue weighted by atomic mass is 10.2. The summed E-state index contributed by atoms with van der Waals surface area (Å²) in [7, 11) is 0. The molecule has 1 N–H and O–H groups in total. The Labute approximate surface area is 155 Å². The molecule has 1 aliphatic carbocycles. The summed E-state index contributed by atoms with van der Waals surface area (Å²) in [6.45, 7) is 5.28. The maximum Gasteiger partial charge on any atom is 0.435 e. The first-order valence-corrected chi connectivity index (χ1v) is 9.16. The maximum atomic E-state index is 12.9. The van der Waals surface area contributed by atoms with Crippen molar-refractivity contribution >= 4 is 5.91 Å². The lowest BCUT2D eigenvalue weighted by molar-refractivity contribution is -0.141. The number of rotatable bonds is 8. The monoisotopic (exact) mass is 383 g/mol. The third-order valence-electron chi connectivity index (χ3n) is 4.62. The average molecular weight is 383 g/mol. The molecule has 0 saturated heterocycles. The normalized spacial score (nSPS) is 14.6. The van der Waals surface area contributed by atoms with E-state index in [1.807, 2.05) is 24.6 Å². The Kier molecular flexibility index (Phi) is 5.57. The number of nitrogens with zero attached hydrogens (tertiary/aromatic N) is 4. The van der Waals surface area contributed by atoms with Gasteiger partial charge in [0.2, 0.25) is 5.91 Å². The molecule has 148 valence electrons. The molecule has 6 nitrogen and oxygen atoms in total. The minimum Gasteiger partial charge on any atom is -0.356 e. The van der Waals surface area contributed by atoms with Gasteiger partial charge in [-0.25, -0.2) is 0 Å². The number of carbonyl (C=O) groups excluding carboxylic acids is 1. The lowest BCUT2D eigenvalue weighted by Crippen LogP contribution is -2.26. The molecule has 0 aliphatic heterocycles. The van der Waals surface area contributed by atoms with Crippen LogP contribution in [0.1, 0.15) is 54.4 Å². The molecule has 1 fully saturated rings. The van der Waals surface area contributed by atoms with E-state index < -0.39 is 11.9 Å². The van der Waals surface area contributed by atoms with Gasteiger partial charge in [-0.05, 0) is 45.2 Å². The first-order chi connectivity index (χ1) is 12.7. The van der Waals surface area contributed by atoms with E-state index in [0.29, 0.717) is 18.8 Å². The van der Waals surface area contributed by atoms with Gasteiger partial charge in [0.1, 0.15) is 0 Å². The molecule has 1 aliphatic rings. The molecule has 2 aromatic rings. The summed E-state index contributed by atoms with van der Waals surface area (Å²) in [5.41, 5.74) is 1.74. The van der Waals surface area contributed by atoms with E-state index in [1.54, 1.807) is 0 Å². The molecule has 0 bridgehead atoms.